The van der Waals surface area contributed by atoms with Crippen LogP contribution in [-0.2, 0) is 4.79 Å². The van der Waals surface area contributed by atoms with E-state index in [1.165, 1.54) is 18.6 Å². The summed E-state index contributed by atoms with van der Waals surface area (Å²) in [4.78, 5) is 13.1. The lowest BCUT2D eigenvalue weighted by Crippen LogP contribution is -2.29. The molecule has 0 bridgehead atoms. The molecule has 4 nitrogen and oxygen atoms in total. The van der Waals surface area contributed by atoms with E-state index in [2.05, 4.69) is 30.8 Å². The highest BCUT2D eigenvalue weighted by Crippen LogP contribution is 2.26. The Balaban J connectivity index is 0.00000122. The first-order chi connectivity index (χ1) is 15.9. The highest BCUT2D eigenvalue weighted by molar-refractivity contribution is 6.30. The first-order valence-corrected chi connectivity index (χ1v) is 11.5. The van der Waals surface area contributed by atoms with Gasteiger partial charge in [-0.15, -0.1) is 0 Å². The molecule has 0 fully saturated rings. The van der Waals surface area contributed by atoms with Gasteiger partial charge in [0, 0.05) is 16.2 Å². The topological polar surface area (TPSA) is 46.9 Å². The van der Waals surface area contributed by atoms with Crippen LogP contribution in [0, 0.1) is 5.82 Å². The van der Waals surface area contributed by atoms with Gasteiger partial charge in [0.05, 0.1) is 23.6 Å². The van der Waals surface area contributed by atoms with Crippen molar-refractivity contribution in [3.8, 4) is 5.69 Å². The molecule has 2 aromatic carbocycles. The molecular formula is C27H31ClFN3O. The molecule has 1 atom stereocenters. The zero-order chi connectivity index (χ0) is 24.4. The molecule has 1 heterocycles. The van der Waals surface area contributed by atoms with Crippen molar-refractivity contribution in [3.63, 3.8) is 0 Å². The number of aromatic nitrogens is 2. The summed E-state index contributed by atoms with van der Waals surface area (Å²) >= 11 is 6.11. The minimum atomic E-state index is -0.327. The molecule has 3 rings (SSSR count). The van der Waals surface area contributed by atoms with Crippen LogP contribution in [-0.4, -0.2) is 15.7 Å². The summed E-state index contributed by atoms with van der Waals surface area (Å²) in [7, 11) is 0. The maximum atomic E-state index is 13.3. The van der Waals surface area contributed by atoms with E-state index in [4.69, 9.17) is 11.6 Å². The lowest BCUT2D eigenvalue weighted by Gasteiger charge is -2.19. The Labute approximate surface area is 200 Å². The van der Waals surface area contributed by atoms with Crippen LogP contribution in [0.5, 0.6) is 0 Å². The van der Waals surface area contributed by atoms with E-state index in [1.807, 2.05) is 25.1 Å². The fourth-order valence-corrected chi connectivity index (χ4v) is 3.54. The molecule has 0 aliphatic rings. The highest BCUT2D eigenvalue weighted by Gasteiger charge is 2.21. The summed E-state index contributed by atoms with van der Waals surface area (Å²) in [5.41, 5.74) is 3.41. The molecule has 0 aliphatic heterocycles. The molecule has 0 unspecified atom stereocenters. The third-order valence-electron chi connectivity index (χ3n) is 4.86. The molecule has 0 aliphatic carbocycles. The monoisotopic (exact) mass is 467 g/mol. The van der Waals surface area contributed by atoms with Crippen molar-refractivity contribution in [2.45, 2.75) is 46.6 Å². The molecule has 33 heavy (non-hydrogen) atoms. The normalized spacial score (nSPS) is 11.9. The number of rotatable bonds is 7. The van der Waals surface area contributed by atoms with Crippen LogP contribution in [0.3, 0.4) is 0 Å². The zero-order valence-corrected chi connectivity index (χ0v) is 20.4. The first-order valence-electron chi connectivity index (χ1n) is 11.1. The summed E-state index contributed by atoms with van der Waals surface area (Å²) in [6, 6.07) is 13.3. The van der Waals surface area contributed by atoms with Crippen molar-refractivity contribution in [1.82, 2.24) is 15.1 Å². The molecule has 1 aromatic heterocycles. The number of amides is 1. The Morgan fingerprint density at radius 1 is 1.21 bits per heavy atom. The Morgan fingerprint density at radius 2 is 1.88 bits per heavy atom. The first kappa shape index (κ1) is 26.1. The van der Waals surface area contributed by atoms with Gasteiger partial charge >= 0.3 is 0 Å². The molecule has 0 saturated heterocycles. The van der Waals surface area contributed by atoms with E-state index in [0.717, 1.165) is 5.56 Å². The number of hydrogen-bond donors (Lipinski definition) is 1. The van der Waals surface area contributed by atoms with E-state index in [0.29, 0.717) is 34.0 Å². The van der Waals surface area contributed by atoms with Crippen molar-refractivity contribution >= 4 is 29.2 Å². The fourth-order valence-electron chi connectivity index (χ4n) is 3.34. The Morgan fingerprint density at radius 3 is 2.42 bits per heavy atom. The maximum absolute atomic E-state index is 13.3. The number of carbonyl (C=O) groups is 1. The van der Waals surface area contributed by atoms with Gasteiger partial charge in [0.25, 0.3) is 5.91 Å². The van der Waals surface area contributed by atoms with Crippen LogP contribution in [0.1, 0.15) is 63.4 Å². The van der Waals surface area contributed by atoms with Gasteiger partial charge in [-0.3, -0.25) is 4.79 Å². The number of hydrogen-bond acceptors (Lipinski definition) is 2. The van der Waals surface area contributed by atoms with Crippen LogP contribution in [0.15, 0.2) is 67.4 Å². The van der Waals surface area contributed by atoms with Gasteiger partial charge in [0.1, 0.15) is 5.82 Å². The van der Waals surface area contributed by atoms with Crippen molar-refractivity contribution in [1.29, 1.82) is 0 Å². The minimum Gasteiger partial charge on any atom is -0.345 e. The second kappa shape index (κ2) is 12.8. The van der Waals surface area contributed by atoms with E-state index in [-0.39, 0.29) is 17.8 Å². The third-order valence-corrected chi connectivity index (χ3v) is 5.09. The van der Waals surface area contributed by atoms with Gasteiger partial charge in [0.15, 0.2) is 0 Å². The SMILES string of the molecule is C=Cc1c(/C(=C\C)C(=O)N[C@@H](CC)c2cccc(Cl)c2)cnn1-c1ccc(F)cc1.CCC. The number of allylic oxidation sites excluding steroid dienone is 1. The van der Waals surface area contributed by atoms with Crippen molar-refractivity contribution < 1.29 is 9.18 Å². The minimum absolute atomic E-state index is 0.175. The summed E-state index contributed by atoms with van der Waals surface area (Å²) in [6.45, 7) is 11.9. The van der Waals surface area contributed by atoms with E-state index < -0.39 is 0 Å². The fraction of sp³-hybridized carbons (Fsp3) is 0.259. The second-order valence-electron chi connectivity index (χ2n) is 7.43. The molecule has 1 amide bonds. The summed E-state index contributed by atoms with van der Waals surface area (Å²) in [5, 5.41) is 8.10. The van der Waals surface area contributed by atoms with Gasteiger partial charge in [-0.25, -0.2) is 9.07 Å². The lowest BCUT2D eigenvalue weighted by molar-refractivity contribution is -0.116. The Hall–Kier alpha value is -3.18. The van der Waals surface area contributed by atoms with Gasteiger partial charge in [-0.2, -0.15) is 5.10 Å². The molecule has 6 heteroatoms. The molecular weight excluding hydrogens is 437 g/mol. The average molecular weight is 468 g/mol. The van der Waals surface area contributed by atoms with Crippen LogP contribution >= 0.6 is 11.6 Å². The smallest absolute Gasteiger partial charge is 0.252 e. The average Bonchev–Trinajstić information content (AvgIpc) is 3.22. The van der Waals surface area contributed by atoms with Crippen molar-refractivity contribution in [2.24, 2.45) is 0 Å². The maximum Gasteiger partial charge on any atom is 0.252 e. The molecule has 3 aromatic rings. The standard InChI is InChI=1S/C24H23ClFN3O.C3H8/c1-4-20(24(30)28-22(5-2)16-8-7-9-17(25)14-16)21-15-27-29(23(21)6-3)19-12-10-18(26)11-13-19;1-3-2/h4,6-15,22H,3,5H2,1-2H3,(H,28,30);3H2,1-2H3/b20-4+;/t22-;/m0./s1. The molecule has 0 saturated carbocycles. The van der Waals surface area contributed by atoms with E-state index >= 15 is 0 Å². The van der Waals surface area contributed by atoms with Crippen molar-refractivity contribution in [2.75, 3.05) is 0 Å². The van der Waals surface area contributed by atoms with Crippen LogP contribution in [0.2, 0.25) is 5.02 Å². The predicted molar refractivity (Wildman–Crippen MR) is 136 cm³/mol. The highest BCUT2D eigenvalue weighted by atomic mass is 35.5. The van der Waals surface area contributed by atoms with Gasteiger partial charge in [-0.1, -0.05) is 63.6 Å². The summed E-state index contributed by atoms with van der Waals surface area (Å²) < 4.78 is 14.9. The number of benzene rings is 2. The largest absolute Gasteiger partial charge is 0.345 e. The number of halogens is 2. The zero-order valence-electron chi connectivity index (χ0n) is 19.6. The van der Waals surface area contributed by atoms with E-state index in [9.17, 15) is 9.18 Å². The molecule has 0 radical (unpaired) electrons. The quantitative estimate of drug-likeness (QED) is 0.368. The lowest BCUT2D eigenvalue weighted by atomic mass is 10.0. The third kappa shape index (κ3) is 6.65. The summed E-state index contributed by atoms with van der Waals surface area (Å²) in [5.74, 6) is -0.544. The van der Waals surface area contributed by atoms with Gasteiger partial charge in [-0.05, 0) is 61.4 Å². The van der Waals surface area contributed by atoms with Crippen LogP contribution < -0.4 is 5.32 Å². The number of nitrogens with zero attached hydrogens (tertiary/aromatic N) is 2. The molecule has 1 N–H and O–H groups in total. The Kier molecular flexibility index (Phi) is 10.1. The van der Waals surface area contributed by atoms with Gasteiger partial charge < -0.3 is 5.32 Å². The predicted octanol–water partition coefficient (Wildman–Crippen LogP) is 7.39. The van der Waals surface area contributed by atoms with E-state index in [1.54, 1.807) is 48.2 Å². The van der Waals surface area contributed by atoms with Crippen LogP contribution in [0.4, 0.5) is 4.39 Å². The number of nitrogens with one attached hydrogen (secondary N) is 1. The van der Waals surface area contributed by atoms with Crippen molar-refractivity contribution in [3.05, 3.63) is 95.0 Å². The Bertz CT molecular complexity index is 1100. The number of carbonyl (C=O) groups excluding carboxylic acids is 1. The van der Waals surface area contributed by atoms with Gasteiger partial charge in [0.2, 0.25) is 0 Å². The summed E-state index contributed by atoms with van der Waals surface area (Å²) in [6.07, 6.45) is 6.97. The molecule has 174 valence electrons. The second-order valence-corrected chi connectivity index (χ2v) is 7.87. The van der Waals surface area contributed by atoms with Crippen LogP contribution in [0.25, 0.3) is 17.3 Å². The molecule has 0 spiro atoms.